The number of halogens is 3. The van der Waals surface area contributed by atoms with Crippen LogP contribution in [0.3, 0.4) is 0 Å². The van der Waals surface area contributed by atoms with Crippen molar-refractivity contribution in [1.29, 1.82) is 0 Å². The molecule has 1 aromatic carbocycles. The van der Waals surface area contributed by atoms with Gasteiger partial charge in [0.05, 0.1) is 0 Å². The highest BCUT2D eigenvalue weighted by Gasteiger charge is 2.14. The van der Waals surface area contributed by atoms with Gasteiger partial charge in [0.2, 0.25) is 0 Å². The van der Waals surface area contributed by atoms with Crippen molar-refractivity contribution in [2.24, 2.45) is 5.92 Å². The van der Waals surface area contributed by atoms with Crippen molar-refractivity contribution in [3.63, 3.8) is 0 Å². The van der Waals surface area contributed by atoms with Crippen LogP contribution in [0.5, 0.6) is 0 Å². The summed E-state index contributed by atoms with van der Waals surface area (Å²) in [4.78, 5) is 0. The van der Waals surface area contributed by atoms with E-state index < -0.39 is 17.5 Å². The maximum atomic E-state index is 13.4. The Morgan fingerprint density at radius 3 is 2.06 bits per heavy atom. The minimum absolute atomic E-state index is 0.0665. The molecule has 0 N–H and O–H groups in total. The summed E-state index contributed by atoms with van der Waals surface area (Å²) in [6.07, 6.45) is 2.03. The minimum Gasteiger partial charge on any atom is -0.207 e. The summed E-state index contributed by atoms with van der Waals surface area (Å²) in [7, 11) is 0. The number of hydrogen-bond acceptors (Lipinski definition) is 0. The third kappa shape index (κ3) is 2.87. The summed E-state index contributed by atoms with van der Waals surface area (Å²) >= 11 is 0. The zero-order valence-electron chi connectivity index (χ0n) is 9.65. The monoisotopic (exact) mass is 228 g/mol. The van der Waals surface area contributed by atoms with Gasteiger partial charge in [-0.1, -0.05) is 25.5 Å². The summed E-state index contributed by atoms with van der Waals surface area (Å²) in [6, 6.07) is 1.43. The van der Waals surface area contributed by atoms with Crippen molar-refractivity contribution in [2.45, 2.75) is 27.2 Å². The maximum absolute atomic E-state index is 13.4. The number of benzene rings is 1. The summed E-state index contributed by atoms with van der Waals surface area (Å²) in [5.74, 6) is -2.31. The van der Waals surface area contributed by atoms with Crippen molar-refractivity contribution in [3.05, 3.63) is 46.8 Å². The first-order valence-corrected chi connectivity index (χ1v) is 5.24. The molecule has 0 unspecified atom stereocenters. The standard InChI is InChI=1S/C13H15F3/c1-4-9(8(2)3)5-11-12(15)6-10(14)7-13(11)16/h4,6-8H,5H2,1-3H3. The normalized spacial score (nSPS) is 12.3. The smallest absolute Gasteiger partial charge is 0.132 e. The number of hydrogen-bond donors (Lipinski definition) is 0. The second-order valence-electron chi connectivity index (χ2n) is 4.04. The third-order valence-electron chi connectivity index (χ3n) is 2.60. The Hall–Kier alpha value is -1.25. The molecule has 0 spiro atoms. The second-order valence-corrected chi connectivity index (χ2v) is 4.04. The zero-order valence-corrected chi connectivity index (χ0v) is 9.65. The zero-order chi connectivity index (χ0) is 12.3. The molecule has 0 fully saturated rings. The SMILES string of the molecule is CC=C(Cc1c(F)cc(F)cc1F)C(C)C. The molecule has 0 aliphatic heterocycles. The first-order valence-electron chi connectivity index (χ1n) is 5.24. The Morgan fingerprint density at radius 1 is 1.19 bits per heavy atom. The van der Waals surface area contributed by atoms with Crippen molar-refractivity contribution in [2.75, 3.05) is 0 Å². The van der Waals surface area contributed by atoms with Crippen LogP contribution in [-0.2, 0) is 6.42 Å². The molecular weight excluding hydrogens is 213 g/mol. The van der Waals surface area contributed by atoms with Gasteiger partial charge in [-0.05, 0) is 19.3 Å². The molecule has 0 saturated carbocycles. The lowest BCUT2D eigenvalue weighted by Gasteiger charge is -2.12. The molecule has 16 heavy (non-hydrogen) atoms. The van der Waals surface area contributed by atoms with Gasteiger partial charge in [-0.15, -0.1) is 0 Å². The first kappa shape index (κ1) is 12.8. The van der Waals surface area contributed by atoms with Gasteiger partial charge in [-0.25, -0.2) is 13.2 Å². The average molecular weight is 228 g/mol. The Morgan fingerprint density at radius 2 is 1.69 bits per heavy atom. The van der Waals surface area contributed by atoms with E-state index in [1.165, 1.54) is 0 Å². The summed E-state index contributed by atoms with van der Waals surface area (Å²) in [5, 5.41) is 0. The van der Waals surface area contributed by atoms with Gasteiger partial charge in [0.1, 0.15) is 17.5 Å². The molecule has 0 atom stereocenters. The van der Waals surface area contributed by atoms with E-state index in [0.29, 0.717) is 12.1 Å². The molecule has 0 heterocycles. The highest BCUT2D eigenvalue weighted by molar-refractivity contribution is 5.26. The van der Waals surface area contributed by atoms with E-state index in [1.807, 2.05) is 26.8 Å². The Kier molecular flexibility index (Phi) is 4.16. The fourth-order valence-corrected chi connectivity index (χ4v) is 1.58. The lowest BCUT2D eigenvalue weighted by Crippen LogP contribution is -2.03. The molecule has 1 aromatic rings. The molecular formula is C13H15F3. The topological polar surface area (TPSA) is 0 Å². The molecule has 1 rings (SSSR count). The number of rotatable bonds is 3. The van der Waals surface area contributed by atoms with E-state index in [4.69, 9.17) is 0 Å². The van der Waals surface area contributed by atoms with Gasteiger partial charge in [-0.3, -0.25) is 0 Å². The highest BCUT2D eigenvalue weighted by atomic mass is 19.1. The first-order chi connectivity index (χ1) is 7.45. The largest absolute Gasteiger partial charge is 0.207 e. The van der Waals surface area contributed by atoms with Gasteiger partial charge in [0, 0.05) is 17.7 Å². The van der Waals surface area contributed by atoms with Crippen LogP contribution in [-0.4, -0.2) is 0 Å². The van der Waals surface area contributed by atoms with Crippen LogP contribution >= 0.6 is 0 Å². The van der Waals surface area contributed by atoms with Crippen LogP contribution in [0.1, 0.15) is 26.3 Å². The molecule has 0 aromatic heterocycles. The lowest BCUT2D eigenvalue weighted by atomic mass is 9.95. The Labute approximate surface area is 93.8 Å². The maximum Gasteiger partial charge on any atom is 0.132 e. The second kappa shape index (κ2) is 5.19. The van der Waals surface area contributed by atoms with Crippen LogP contribution < -0.4 is 0 Å². The molecule has 88 valence electrons. The van der Waals surface area contributed by atoms with Crippen LogP contribution in [0.15, 0.2) is 23.8 Å². The quantitative estimate of drug-likeness (QED) is 0.678. The van der Waals surface area contributed by atoms with Crippen molar-refractivity contribution < 1.29 is 13.2 Å². The molecule has 0 radical (unpaired) electrons. The van der Waals surface area contributed by atoms with E-state index in [0.717, 1.165) is 5.57 Å². The summed E-state index contributed by atoms with van der Waals surface area (Å²) in [6.45, 7) is 5.73. The molecule has 0 nitrogen and oxygen atoms in total. The number of allylic oxidation sites excluding steroid dienone is 2. The Balaban J connectivity index is 3.06. The fraction of sp³-hybridized carbons (Fsp3) is 0.385. The highest BCUT2D eigenvalue weighted by Crippen LogP contribution is 2.21. The molecule has 0 bridgehead atoms. The minimum atomic E-state index is -0.884. The predicted octanol–water partition coefficient (Wildman–Crippen LogP) is 4.25. The fourth-order valence-electron chi connectivity index (χ4n) is 1.58. The summed E-state index contributed by atoms with van der Waals surface area (Å²) in [5.41, 5.74) is 0.868. The van der Waals surface area contributed by atoms with Crippen molar-refractivity contribution in [3.8, 4) is 0 Å². The average Bonchev–Trinajstić information content (AvgIpc) is 2.15. The molecule has 0 aliphatic carbocycles. The predicted molar refractivity (Wildman–Crippen MR) is 58.6 cm³/mol. The van der Waals surface area contributed by atoms with Gasteiger partial charge >= 0.3 is 0 Å². The van der Waals surface area contributed by atoms with Gasteiger partial charge in [-0.2, -0.15) is 0 Å². The van der Waals surface area contributed by atoms with E-state index in [2.05, 4.69) is 0 Å². The van der Waals surface area contributed by atoms with Crippen LogP contribution in [0, 0.1) is 23.4 Å². The van der Waals surface area contributed by atoms with Crippen molar-refractivity contribution >= 4 is 0 Å². The molecule has 0 saturated heterocycles. The molecule has 3 heteroatoms. The molecule has 0 aliphatic rings. The van der Waals surface area contributed by atoms with E-state index >= 15 is 0 Å². The van der Waals surface area contributed by atoms with Gasteiger partial charge < -0.3 is 0 Å². The van der Waals surface area contributed by atoms with Gasteiger partial charge in [0.15, 0.2) is 0 Å². The van der Waals surface area contributed by atoms with Crippen LogP contribution in [0.2, 0.25) is 0 Å². The molecule has 0 amide bonds. The lowest BCUT2D eigenvalue weighted by molar-refractivity contribution is 0.524. The van der Waals surface area contributed by atoms with Crippen molar-refractivity contribution in [1.82, 2.24) is 0 Å². The third-order valence-corrected chi connectivity index (χ3v) is 2.60. The van der Waals surface area contributed by atoms with E-state index in [9.17, 15) is 13.2 Å². The van der Waals surface area contributed by atoms with Crippen LogP contribution in [0.4, 0.5) is 13.2 Å². The Bertz CT molecular complexity index is 383. The van der Waals surface area contributed by atoms with Gasteiger partial charge in [0.25, 0.3) is 0 Å². The van der Waals surface area contributed by atoms with Crippen LogP contribution in [0.25, 0.3) is 0 Å². The summed E-state index contributed by atoms with van der Waals surface area (Å²) < 4.78 is 39.4. The van der Waals surface area contributed by atoms with E-state index in [1.54, 1.807) is 0 Å². The van der Waals surface area contributed by atoms with E-state index in [-0.39, 0.29) is 17.9 Å².